The monoisotopic (exact) mass is 271 g/mol. The minimum absolute atomic E-state index is 0.489. The molecule has 0 aromatic heterocycles. The largest absolute Gasteiger partial charge is 0.501 e. The minimum atomic E-state index is 0.489. The van der Waals surface area contributed by atoms with Crippen LogP contribution in [0.4, 0.5) is 0 Å². The zero-order valence-electron chi connectivity index (χ0n) is 12.4. The minimum Gasteiger partial charge on any atom is -0.501 e. The molecule has 1 aliphatic carbocycles. The van der Waals surface area contributed by atoms with E-state index in [1.165, 1.54) is 42.4 Å². The molecule has 0 bridgehead atoms. The average Bonchev–Trinajstić information content (AvgIpc) is 2.92. The van der Waals surface area contributed by atoms with Crippen molar-refractivity contribution in [2.24, 2.45) is 5.92 Å². The number of benzene rings is 1. The van der Waals surface area contributed by atoms with Gasteiger partial charge in [0.25, 0.3) is 0 Å². The summed E-state index contributed by atoms with van der Waals surface area (Å²) in [6.07, 6.45) is 7.97. The van der Waals surface area contributed by atoms with Crippen molar-refractivity contribution >= 4 is 0 Å². The molecule has 108 valence electrons. The van der Waals surface area contributed by atoms with Crippen molar-refractivity contribution in [3.8, 4) is 0 Å². The van der Waals surface area contributed by atoms with Gasteiger partial charge < -0.3 is 10.1 Å². The van der Waals surface area contributed by atoms with Crippen LogP contribution in [0.2, 0.25) is 0 Å². The van der Waals surface area contributed by atoms with Crippen molar-refractivity contribution in [3.05, 3.63) is 47.2 Å². The molecule has 0 amide bonds. The molecule has 1 heterocycles. The standard InChI is InChI=1S/C18H25NO/c1-2-9-19-18(16-8-5-10-20-13-16)17-11-14-6-3-4-7-15(14)12-17/h3-4,6-7,13,17-19H,2,5,8-12H2,1H3. The number of nitrogens with one attached hydrogen (secondary N) is 1. The zero-order valence-corrected chi connectivity index (χ0v) is 12.4. The van der Waals surface area contributed by atoms with Crippen molar-refractivity contribution in [1.29, 1.82) is 0 Å². The molecule has 1 aromatic rings. The fraction of sp³-hybridized carbons (Fsp3) is 0.556. The van der Waals surface area contributed by atoms with Gasteiger partial charge in [-0.2, -0.15) is 0 Å². The molecule has 20 heavy (non-hydrogen) atoms. The lowest BCUT2D eigenvalue weighted by Crippen LogP contribution is -2.39. The maximum absolute atomic E-state index is 5.58. The van der Waals surface area contributed by atoms with Crippen LogP contribution in [-0.4, -0.2) is 19.2 Å². The lowest BCUT2D eigenvalue weighted by atomic mass is 9.88. The van der Waals surface area contributed by atoms with Gasteiger partial charge in [0.05, 0.1) is 12.9 Å². The highest BCUT2D eigenvalue weighted by molar-refractivity contribution is 5.34. The smallest absolute Gasteiger partial charge is 0.0876 e. The van der Waals surface area contributed by atoms with Crippen LogP contribution in [0.25, 0.3) is 0 Å². The average molecular weight is 271 g/mol. The number of rotatable bonds is 5. The van der Waals surface area contributed by atoms with Gasteiger partial charge in [0.1, 0.15) is 0 Å². The van der Waals surface area contributed by atoms with E-state index in [2.05, 4.69) is 36.5 Å². The fourth-order valence-electron chi connectivity index (χ4n) is 3.54. The fourth-order valence-corrected chi connectivity index (χ4v) is 3.54. The topological polar surface area (TPSA) is 21.3 Å². The van der Waals surface area contributed by atoms with Gasteiger partial charge in [-0.3, -0.25) is 0 Å². The summed E-state index contributed by atoms with van der Waals surface area (Å²) in [6.45, 7) is 4.21. The summed E-state index contributed by atoms with van der Waals surface area (Å²) in [5.41, 5.74) is 4.55. The Kier molecular flexibility index (Phi) is 4.41. The molecule has 0 radical (unpaired) electrons. The second-order valence-corrected chi connectivity index (χ2v) is 6.04. The predicted octanol–water partition coefficient (Wildman–Crippen LogP) is 3.46. The molecule has 1 aliphatic heterocycles. The van der Waals surface area contributed by atoms with Crippen molar-refractivity contribution in [1.82, 2.24) is 5.32 Å². The molecule has 1 unspecified atom stereocenters. The number of hydrogen-bond donors (Lipinski definition) is 1. The molecule has 0 saturated carbocycles. The van der Waals surface area contributed by atoms with Crippen molar-refractivity contribution in [2.45, 2.75) is 45.1 Å². The quantitative estimate of drug-likeness (QED) is 0.885. The van der Waals surface area contributed by atoms with Gasteiger partial charge in [-0.15, -0.1) is 0 Å². The first-order valence-electron chi connectivity index (χ1n) is 7.99. The van der Waals surface area contributed by atoms with Crippen LogP contribution in [0.15, 0.2) is 36.1 Å². The van der Waals surface area contributed by atoms with E-state index in [0.717, 1.165) is 19.6 Å². The Bertz CT molecular complexity index is 455. The van der Waals surface area contributed by atoms with E-state index in [9.17, 15) is 0 Å². The van der Waals surface area contributed by atoms with Gasteiger partial charge in [0.2, 0.25) is 0 Å². The van der Waals surface area contributed by atoms with E-state index in [-0.39, 0.29) is 0 Å². The highest BCUT2D eigenvalue weighted by Crippen LogP contribution is 2.32. The van der Waals surface area contributed by atoms with E-state index in [4.69, 9.17) is 4.74 Å². The zero-order chi connectivity index (χ0) is 13.8. The maximum atomic E-state index is 5.58. The van der Waals surface area contributed by atoms with Crippen LogP contribution < -0.4 is 5.32 Å². The lowest BCUT2D eigenvalue weighted by Gasteiger charge is -2.29. The van der Waals surface area contributed by atoms with E-state index in [1.54, 1.807) is 0 Å². The van der Waals surface area contributed by atoms with Crippen LogP contribution in [0.1, 0.15) is 37.3 Å². The van der Waals surface area contributed by atoms with Crippen molar-refractivity contribution in [3.63, 3.8) is 0 Å². The molecule has 1 N–H and O–H groups in total. The normalized spacial score (nSPS) is 20.1. The van der Waals surface area contributed by atoms with Crippen LogP contribution in [-0.2, 0) is 17.6 Å². The molecule has 2 aliphatic rings. The van der Waals surface area contributed by atoms with Crippen LogP contribution in [0.3, 0.4) is 0 Å². The molecule has 1 aromatic carbocycles. The summed E-state index contributed by atoms with van der Waals surface area (Å²) < 4.78 is 5.58. The molecule has 2 nitrogen and oxygen atoms in total. The predicted molar refractivity (Wildman–Crippen MR) is 82.7 cm³/mol. The highest BCUT2D eigenvalue weighted by atomic mass is 16.5. The third-order valence-corrected chi connectivity index (χ3v) is 4.53. The first-order valence-corrected chi connectivity index (χ1v) is 7.99. The van der Waals surface area contributed by atoms with Gasteiger partial charge >= 0.3 is 0 Å². The summed E-state index contributed by atoms with van der Waals surface area (Å²) in [4.78, 5) is 0. The highest BCUT2D eigenvalue weighted by Gasteiger charge is 2.31. The summed E-state index contributed by atoms with van der Waals surface area (Å²) in [6, 6.07) is 9.40. The molecule has 0 saturated heterocycles. The summed E-state index contributed by atoms with van der Waals surface area (Å²) in [5, 5.41) is 3.77. The van der Waals surface area contributed by atoms with Crippen LogP contribution in [0, 0.1) is 5.92 Å². The third kappa shape index (κ3) is 2.90. The molecular weight excluding hydrogens is 246 g/mol. The Hall–Kier alpha value is -1.28. The number of fused-ring (bicyclic) bond motifs is 1. The SMILES string of the molecule is CCCNC(C1=COCCC1)C1Cc2ccccc2C1. The first kappa shape index (κ1) is 13.7. The van der Waals surface area contributed by atoms with E-state index >= 15 is 0 Å². The second-order valence-electron chi connectivity index (χ2n) is 6.04. The van der Waals surface area contributed by atoms with Gasteiger partial charge in [0.15, 0.2) is 0 Å². The lowest BCUT2D eigenvalue weighted by molar-refractivity contribution is 0.214. The number of hydrogen-bond acceptors (Lipinski definition) is 2. The third-order valence-electron chi connectivity index (χ3n) is 4.53. The Morgan fingerprint density at radius 3 is 2.60 bits per heavy atom. The van der Waals surface area contributed by atoms with Crippen LogP contribution in [0.5, 0.6) is 0 Å². The van der Waals surface area contributed by atoms with Crippen molar-refractivity contribution < 1.29 is 4.74 Å². The van der Waals surface area contributed by atoms with E-state index in [1.807, 2.05) is 6.26 Å². The molecule has 0 spiro atoms. The summed E-state index contributed by atoms with van der Waals surface area (Å²) in [5.74, 6) is 0.687. The Morgan fingerprint density at radius 2 is 2.00 bits per heavy atom. The molecular formula is C18H25NO. The van der Waals surface area contributed by atoms with Gasteiger partial charge in [0, 0.05) is 6.04 Å². The Labute approximate surface area is 122 Å². The summed E-state index contributed by atoms with van der Waals surface area (Å²) in [7, 11) is 0. The van der Waals surface area contributed by atoms with Gasteiger partial charge in [-0.25, -0.2) is 0 Å². The van der Waals surface area contributed by atoms with Crippen LogP contribution >= 0.6 is 0 Å². The molecule has 0 fully saturated rings. The molecule has 1 atom stereocenters. The van der Waals surface area contributed by atoms with Gasteiger partial charge in [-0.1, -0.05) is 31.2 Å². The molecule has 2 heteroatoms. The van der Waals surface area contributed by atoms with E-state index in [0.29, 0.717) is 12.0 Å². The Morgan fingerprint density at radius 1 is 1.25 bits per heavy atom. The van der Waals surface area contributed by atoms with E-state index < -0.39 is 0 Å². The maximum Gasteiger partial charge on any atom is 0.0876 e. The first-order chi connectivity index (χ1) is 9.88. The van der Waals surface area contributed by atoms with Crippen molar-refractivity contribution in [2.75, 3.05) is 13.2 Å². The van der Waals surface area contributed by atoms with Gasteiger partial charge in [-0.05, 0) is 61.3 Å². The number of ether oxygens (including phenoxy) is 1. The summed E-state index contributed by atoms with van der Waals surface area (Å²) >= 11 is 0. The second kappa shape index (κ2) is 6.45. The molecule has 3 rings (SSSR count). The Balaban J connectivity index is 1.75.